The fourth-order valence-corrected chi connectivity index (χ4v) is 4.27. The van der Waals surface area contributed by atoms with E-state index in [0.717, 1.165) is 29.4 Å². The van der Waals surface area contributed by atoms with Gasteiger partial charge in [-0.1, -0.05) is 24.3 Å². The number of hydrogen-bond donors (Lipinski definition) is 2. The lowest BCUT2D eigenvalue weighted by atomic mass is 10.1. The van der Waals surface area contributed by atoms with Crippen LogP contribution in [0, 0.1) is 0 Å². The topological polar surface area (TPSA) is 88.3 Å². The van der Waals surface area contributed by atoms with Crippen LogP contribution in [-0.2, 0) is 0 Å². The lowest BCUT2D eigenvalue weighted by molar-refractivity contribution is 0.174. The van der Waals surface area contributed by atoms with Crippen molar-refractivity contribution in [2.24, 2.45) is 4.99 Å². The molecule has 0 bridgehead atoms. The van der Waals surface area contributed by atoms with Gasteiger partial charge in [-0.2, -0.15) is 0 Å². The summed E-state index contributed by atoms with van der Waals surface area (Å²) in [7, 11) is 0. The number of ether oxygens (including phenoxy) is 2. The molecule has 0 radical (unpaired) electrons. The van der Waals surface area contributed by atoms with E-state index < -0.39 is 0 Å². The fraction of sp³-hybridized carbons (Fsp3) is 0.185. The Balaban J connectivity index is 1.42. The first-order valence-corrected chi connectivity index (χ1v) is 11.6. The maximum Gasteiger partial charge on any atom is 0.321 e. The van der Waals surface area contributed by atoms with Crippen LogP contribution in [0.25, 0.3) is 22.3 Å². The van der Waals surface area contributed by atoms with Crippen molar-refractivity contribution in [1.29, 1.82) is 0 Å². The van der Waals surface area contributed by atoms with Crippen LogP contribution < -0.4 is 25.5 Å². The molecule has 1 aromatic heterocycles. The highest BCUT2D eigenvalue weighted by atomic mass is 16.7. The van der Waals surface area contributed by atoms with Gasteiger partial charge < -0.3 is 29.4 Å². The number of amides is 2. The van der Waals surface area contributed by atoms with Crippen molar-refractivity contribution in [1.82, 2.24) is 10.2 Å². The Morgan fingerprint density at radius 1 is 0.914 bits per heavy atom. The Kier molecular flexibility index (Phi) is 5.56. The maximum absolute atomic E-state index is 12.8. The number of anilines is 1. The summed E-state index contributed by atoms with van der Waals surface area (Å²) in [4.78, 5) is 19.6. The number of hydrogen-bond acceptors (Lipinski definition) is 6. The van der Waals surface area contributed by atoms with Gasteiger partial charge in [-0.05, 0) is 42.5 Å². The van der Waals surface area contributed by atoms with Crippen molar-refractivity contribution in [2.75, 3.05) is 38.3 Å². The van der Waals surface area contributed by atoms with Gasteiger partial charge in [0.05, 0.1) is 16.7 Å². The highest BCUT2D eigenvalue weighted by Crippen LogP contribution is 2.36. The summed E-state index contributed by atoms with van der Waals surface area (Å²) in [5.74, 6) is 2.06. The molecule has 2 aliphatic rings. The summed E-state index contributed by atoms with van der Waals surface area (Å²) in [5.41, 5.74) is 2.90. The average Bonchev–Trinajstić information content (AvgIpc) is 3.38. The van der Waals surface area contributed by atoms with Crippen LogP contribution in [-0.4, -0.2) is 43.9 Å². The van der Waals surface area contributed by atoms with Crippen molar-refractivity contribution in [3.05, 3.63) is 78.2 Å². The minimum absolute atomic E-state index is 0.122. The van der Waals surface area contributed by atoms with E-state index in [4.69, 9.17) is 18.9 Å². The summed E-state index contributed by atoms with van der Waals surface area (Å²) in [5, 5.41) is 7.91. The number of para-hydroxylation sites is 3. The third kappa shape index (κ3) is 4.31. The minimum Gasteiger partial charge on any atom is -0.456 e. The highest BCUT2D eigenvalue weighted by Gasteiger charge is 2.18. The number of fused-ring (bicyclic) bond motifs is 2. The van der Waals surface area contributed by atoms with Gasteiger partial charge >= 0.3 is 6.03 Å². The molecule has 0 unspecified atom stereocenters. The first-order chi connectivity index (χ1) is 17.2. The fourth-order valence-electron chi connectivity index (χ4n) is 4.27. The van der Waals surface area contributed by atoms with Crippen molar-refractivity contribution in [3.63, 3.8) is 0 Å². The third-order valence-corrected chi connectivity index (χ3v) is 6.10. The van der Waals surface area contributed by atoms with Crippen LogP contribution in [0.1, 0.15) is 0 Å². The van der Waals surface area contributed by atoms with Crippen molar-refractivity contribution in [2.45, 2.75) is 0 Å². The van der Waals surface area contributed by atoms with Crippen LogP contribution in [0.2, 0.25) is 0 Å². The molecule has 1 fully saturated rings. The van der Waals surface area contributed by atoms with E-state index in [9.17, 15) is 4.79 Å². The number of rotatable bonds is 3. The van der Waals surface area contributed by atoms with Gasteiger partial charge in [0, 0.05) is 43.2 Å². The number of benzene rings is 3. The van der Waals surface area contributed by atoms with Gasteiger partial charge in [0.15, 0.2) is 11.5 Å². The zero-order valence-corrected chi connectivity index (χ0v) is 19.0. The molecular weight excluding hydrogens is 444 g/mol. The molecule has 176 valence electrons. The summed E-state index contributed by atoms with van der Waals surface area (Å²) < 4.78 is 17.2. The molecule has 2 amide bonds. The maximum atomic E-state index is 12.8. The molecule has 3 heterocycles. The highest BCUT2D eigenvalue weighted by molar-refractivity contribution is 5.92. The second kappa shape index (κ2) is 9.15. The smallest absolute Gasteiger partial charge is 0.321 e. The first-order valence-electron chi connectivity index (χ1n) is 11.6. The molecule has 2 N–H and O–H groups in total. The Hall–Kier alpha value is -4.30. The van der Waals surface area contributed by atoms with E-state index in [1.807, 2.05) is 77.7 Å². The van der Waals surface area contributed by atoms with Crippen molar-refractivity contribution >= 4 is 28.4 Å². The Morgan fingerprint density at radius 2 is 1.71 bits per heavy atom. The molecule has 0 atom stereocenters. The van der Waals surface area contributed by atoms with Gasteiger partial charge in [0.25, 0.3) is 0 Å². The molecule has 8 heteroatoms. The predicted molar refractivity (Wildman–Crippen MR) is 133 cm³/mol. The molecule has 0 saturated carbocycles. The van der Waals surface area contributed by atoms with Gasteiger partial charge in [-0.3, -0.25) is 0 Å². The van der Waals surface area contributed by atoms with E-state index in [2.05, 4.69) is 10.6 Å². The normalized spacial score (nSPS) is 15.4. The summed E-state index contributed by atoms with van der Waals surface area (Å²) >= 11 is 0. The molecule has 35 heavy (non-hydrogen) atoms. The molecular formula is C27H24N4O4. The molecule has 0 spiro atoms. The number of nitrogens with one attached hydrogen (secondary N) is 2. The lowest BCUT2D eigenvalue weighted by Crippen LogP contribution is -2.48. The SMILES string of the molecule is O=C(Nc1ccccc1N=c1cc(-c2ccc3c(c2)OCO3)oc2ccccc12)N1CCNCC1. The van der Waals surface area contributed by atoms with E-state index in [1.54, 1.807) is 0 Å². The van der Waals surface area contributed by atoms with E-state index in [-0.39, 0.29) is 12.8 Å². The second-order valence-electron chi connectivity index (χ2n) is 8.36. The Bertz CT molecular complexity index is 1470. The standard InChI is InChI=1S/C27H24N4O4/c32-27(31-13-11-28-12-14-31)30-21-7-3-2-6-20(21)29-22-16-25(35-23-8-4-1-5-19(22)23)18-9-10-24-26(15-18)34-17-33-24/h1-10,15-16,28H,11-14,17H2,(H,30,32). The molecule has 1 saturated heterocycles. The molecule has 3 aromatic carbocycles. The lowest BCUT2D eigenvalue weighted by Gasteiger charge is -2.27. The van der Waals surface area contributed by atoms with E-state index in [0.29, 0.717) is 47.3 Å². The molecule has 2 aliphatic heterocycles. The summed E-state index contributed by atoms with van der Waals surface area (Å²) in [6.07, 6.45) is 0. The largest absolute Gasteiger partial charge is 0.456 e. The van der Waals surface area contributed by atoms with Gasteiger partial charge in [0.2, 0.25) is 6.79 Å². The zero-order chi connectivity index (χ0) is 23.6. The number of urea groups is 1. The zero-order valence-electron chi connectivity index (χ0n) is 19.0. The van der Waals surface area contributed by atoms with Gasteiger partial charge in [-0.15, -0.1) is 0 Å². The van der Waals surface area contributed by atoms with Gasteiger partial charge in [-0.25, -0.2) is 9.79 Å². The third-order valence-electron chi connectivity index (χ3n) is 6.10. The predicted octanol–water partition coefficient (Wildman–Crippen LogP) is 4.50. The Morgan fingerprint density at radius 3 is 2.63 bits per heavy atom. The van der Waals surface area contributed by atoms with Gasteiger partial charge in [0.1, 0.15) is 11.3 Å². The van der Waals surface area contributed by atoms with E-state index in [1.165, 1.54) is 0 Å². The number of piperazine rings is 1. The van der Waals surface area contributed by atoms with Crippen LogP contribution >= 0.6 is 0 Å². The Labute approximate surface area is 201 Å². The van der Waals surface area contributed by atoms with Crippen molar-refractivity contribution < 1.29 is 18.7 Å². The number of carbonyl (C=O) groups excluding carboxylic acids is 1. The monoisotopic (exact) mass is 468 g/mol. The molecule has 4 aromatic rings. The van der Waals surface area contributed by atoms with Crippen molar-refractivity contribution in [3.8, 4) is 22.8 Å². The molecule has 8 nitrogen and oxygen atoms in total. The number of carbonyl (C=O) groups is 1. The van der Waals surface area contributed by atoms with Crippen LogP contribution in [0.3, 0.4) is 0 Å². The average molecular weight is 469 g/mol. The summed E-state index contributed by atoms with van der Waals surface area (Å²) in [6.45, 7) is 3.15. The van der Waals surface area contributed by atoms with Crippen LogP contribution in [0.4, 0.5) is 16.2 Å². The van der Waals surface area contributed by atoms with E-state index >= 15 is 0 Å². The second-order valence-corrected chi connectivity index (χ2v) is 8.36. The van der Waals surface area contributed by atoms with Crippen LogP contribution in [0.5, 0.6) is 11.5 Å². The quantitative estimate of drug-likeness (QED) is 0.462. The molecule has 6 rings (SSSR count). The van der Waals surface area contributed by atoms with Crippen LogP contribution in [0.15, 0.2) is 82.2 Å². The minimum atomic E-state index is -0.122. The molecule has 0 aliphatic carbocycles. The summed E-state index contributed by atoms with van der Waals surface area (Å²) in [6, 6.07) is 22.9. The first kappa shape index (κ1) is 21.2. The number of nitrogens with zero attached hydrogens (tertiary/aromatic N) is 2.